The van der Waals surface area contributed by atoms with Crippen LogP contribution in [0.4, 0.5) is 5.82 Å². The maximum Gasteiger partial charge on any atom is 0.225 e. The first-order chi connectivity index (χ1) is 8.85. The molecule has 0 unspecified atom stereocenters. The molecule has 0 aliphatic carbocycles. The summed E-state index contributed by atoms with van der Waals surface area (Å²) >= 11 is 0. The van der Waals surface area contributed by atoms with E-state index in [-0.39, 0.29) is 24.7 Å². The molecule has 1 aromatic heterocycles. The molecule has 0 saturated heterocycles. The number of nitrogens with zero attached hydrogens (tertiary/aromatic N) is 2. The number of aromatic nitrogens is 1. The van der Waals surface area contributed by atoms with E-state index in [1.807, 2.05) is 0 Å². The van der Waals surface area contributed by atoms with Crippen LogP contribution in [-0.4, -0.2) is 38.3 Å². The van der Waals surface area contributed by atoms with Crippen molar-refractivity contribution in [3.8, 4) is 0 Å². The Labute approximate surface area is 113 Å². The Morgan fingerprint density at radius 2 is 2.21 bits per heavy atom. The van der Waals surface area contributed by atoms with Crippen molar-refractivity contribution < 1.29 is 17.7 Å². The first-order valence-electron chi connectivity index (χ1n) is 6.04. The minimum atomic E-state index is -3.26. The van der Waals surface area contributed by atoms with Gasteiger partial charge in [0.1, 0.15) is 5.76 Å². The van der Waals surface area contributed by atoms with Gasteiger partial charge in [-0.1, -0.05) is 12.1 Å². The Balaban J connectivity index is 2.59. The average molecular weight is 289 g/mol. The third-order valence-electron chi connectivity index (χ3n) is 2.40. The van der Waals surface area contributed by atoms with Crippen molar-refractivity contribution in [1.82, 2.24) is 9.88 Å². The zero-order valence-electron chi connectivity index (χ0n) is 11.3. The SMILES string of the molecule is CCCS(=O)(=O)NCCN(C(C)=O)c1cc(C)on1. The maximum atomic E-state index is 11.5. The van der Waals surface area contributed by atoms with E-state index >= 15 is 0 Å². The molecule has 0 aliphatic rings. The van der Waals surface area contributed by atoms with Gasteiger partial charge in [0, 0.05) is 26.1 Å². The van der Waals surface area contributed by atoms with Crippen LogP contribution in [0.3, 0.4) is 0 Å². The van der Waals surface area contributed by atoms with Gasteiger partial charge in [-0.25, -0.2) is 13.1 Å². The van der Waals surface area contributed by atoms with Gasteiger partial charge in [-0.3, -0.25) is 9.69 Å². The van der Waals surface area contributed by atoms with E-state index in [0.29, 0.717) is 18.0 Å². The molecule has 7 nitrogen and oxygen atoms in total. The van der Waals surface area contributed by atoms with Gasteiger partial charge < -0.3 is 4.52 Å². The molecule has 0 bridgehead atoms. The zero-order chi connectivity index (χ0) is 14.5. The van der Waals surface area contributed by atoms with Crippen molar-refractivity contribution in [2.75, 3.05) is 23.7 Å². The first-order valence-corrected chi connectivity index (χ1v) is 7.69. The number of amides is 1. The van der Waals surface area contributed by atoms with E-state index in [2.05, 4.69) is 9.88 Å². The normalized spacial score (nSPS) is 11.5. The minimum absolute atomic E-state index is 0.0795. The van der Waals surface area contributed by atoms with Crippen LogP contribution in [0, 0.1) is 6.92 Å². The lowest BCUT2D eigenvalue weighted by molar-refractivity contribution is -0.116. The summed E-state index contributed by atoms with van der Waals surface area (Å²) in [6.07, 6.45) is 0.550. The summed E-state index contributed by atoms with van der Waals surface area (Å²) in [6.45, 7) is 5.26. The smallest absolute Gasteiger partial charge is 0.225 e. The monoisotopic (exact) mass is 289 g/mol. The van der Waals surface area contributed by atoms with Gasteiger partial charge >= 0.3 is 0 Å². The Kier molecular flexibility index (Phi) is 5.49. The largest absolute Gasteiger partial charge is 0.360 e. The van der Waals surface area contributed by atoms with Gasteiger partial charge in [-0.2, -0.15) is 0 Å². The maximum absolute atomic E-state index is 11.5. The van der Waals surface area contributed by atoms with Gasteiger partial charge in [-0.05, 0) is 13.3 Å². The highest BCUT2D eigenvalue weighted by Gasteiger charge is 2.16. The number of nitrogens with one attached hydrogen (secondary N) is 1. The molecule has 0 aromatic carbocycles. The number of carbonyl (C=O) groups excluding carboxylic acids is 1. The van der Waals surface area contributed by atoms with E-state index < -0.39 is 10.0 Å². The van der Waals surface area contributed by atoms with Crippen molar-refractivity contribution in [3.63, 3.8) is 0 Å². The molecular formula is C11H19N3O4S. The second-order valence-electron chi connectivity index (χ2n) is 4.18. The van der Waals surface area contributed by atoms with Crippen LogP contribution in [0.15, 0.2) is 10.6 Å². The highest BCUT2D eigenvalue weighted by molar-refractivity contribution is 7.89. The van der Waals surface area contributed by atoms with Crippen LogP contribution in [0.5, 0.6) is 0 Å². The van der Waals surface area contributed by atoms with Gasteiger partial charge in [0.25, 0.3) is 0 Å². The lowest BCUT2D eigenvalue weighted by atomic mass is 10.4. The summed E-state index contributed by atoms with van der Waals surface area (Å²) in [4.78, 5) is 12.9. The van der Waals surface area contributed by atoms with Gasteiger partial charge in [0.05, 0.1) is 5.75 Å². The number of aryl methyl sites for hydroxylation is 1. The summed E-state index contributed by atoms with van der Waals surface area (Å²) in [5.41, 5.74) is 0. The second kappa shape index (κ2) is 6.67. The molecular weight excluding hydrogens is 270 g/mol. The number of hydrogen-bond donors (Lipinski definition) is 1. The van der Waals surface area contributed by atoms with Gasteiger partial charge in [0.2, 0.25) is 15.9 Å². The number of rotatable bonds is 7. The van der Waals surface area contributed by atoms with Crippen molar-refractivity contribution in [2.24, 2.45) is 0 Å². The molecule has 1 aromatic rings. The zero-order valence-corrected chi connectivity index (χ0v) is 12.2. The molecule has 8 heteroatoms. The Hall–Kier alpha value is -1.41. The van der Waals surface area contributed by atoms with E-state index in [9.17, 15) is 13.2 Å². The molecule has 1 amide bonds. The molecule has 1 heterocycles. The molecule has 1 N–H and O–H groups in total. The molecule has 0 fully saturated rings. The highest BCUT2D eigenvalue weighted by atomic mass is 32.2. The second-order valence-corrected chi connectivity index (χ2v) is 6.11. The standard InChI is InChI=1S/C11H19N3O4S/c1-4-7-19(16,17)12-5-6-14(10(3)15)11-8-9(2)18-13-11/h8,12H,4-7H2,1-3H3. The summed E-state index contributed by atoms with van der Waals surface area (Å²) in [6, 6.07) is 1.63. The molecule has 19 heavy (non-hydrogen) atoms. The van der Waals surface area contributed by atoms with Gasteiger partial charge in [-0.15, -0.1) is 0 Å². The van der Waals surface area contributed by atoms with Crippen LogP contribution < -0.4 is 9.62 Å². The van der Waals surface area contributed by atoms with E-state index in [1.54, 1.807) is 19.9 Å². The Morgan fingerprint density at radius 3 is 2.68 bits per heavy atom. The molecule has 0 spiro atoms. The van der Waals surface area contributed by atoms with Crippen LogP contribution in [-0.2, 0) is 14.8 Å². The predicted octanol–water partition coefficient (Wildman–Crippen LogP) is 0.665. The van der Waals surface area contributed by atoms with Crippen LogP contribution in [0.1, 0.15) is 26.0 Å². The molecule has 0 atom stereocenters. The summed E-state index contributed by atoms with van der Waals surface area (Å²) in [5.74, 6) is 0.839. The Morgan fingerprint density at radius 1 is 1.53 bits per heavy atom. The van der Waals surface area contributed by atoms with Crippen LogP contribution in [0.2, 0.25) is 0 Å². The van der Waals surface area contributed by atoms with E-state index in [0.717, 1.165) is 0 Å². The molecule has 0 aliphatic heterocycles. The summed E-state index contributed by atoms with van der Waals surface area (Å²) < 4.78 is 30.3. The molecule has 1 rings (SSSR count). The van der Waals surface area contributed by atoms with E-state index in [4.69, 9.17) is 4.52 Å². The highest BCUT2D eigenvalue weighted by Crippen LogP contribution is 2.13. The molecule has 0 radical (unpaired) electrons. The summed E-state index contributed by atoms with van der Waals surface area (Å²) in [5, 5.41) is 3.74. The quantitative estimate of drug-likeness (QED) is 0.796. The fraction of sp³-hybridized carbons (Fsp3) is 0.636. The number of carbonyl (C=O) groups is 1. The fourth-order valence-corrected chi connectivity index (χ4v) is 2.65. The van der Waals surface area contributed by atoms with E-state index in [1.165, 1.54) is 11.8 Å². The number of hydrogen-bond acceptors (Lipinski definition) is 5. The van der Waals surface area contributed by atoms with Crippen molar-refractivity contribution in [2.45, 2.75) is 27.2 Å². The van der Waals surface area contributed by atoms with Crippen molar-refractivity contribution >= 4 is 21.7 Å². The minimum Gasteiger partial charge on any atom is -0.360 e. The average Bonchev–Trinajstić information content (AvgIpc) is 2.70. The topological polar surface area (TPSA) is 92.5 Å². The third kappa shape index (κ3) is 4.99. The predicted molar refractivity (Wildman–Crippen MR) is 71.3 cm³/mol. The number of sulfonamides is 1. The summed E-state index contributed by atoms with van der Waals surface area (Å²) in [7, 11) is -3.26. The number of anilines is 1. The van der Waals surface area contributed by atoms with Gasteiger partial charge in [0.15, 0.2) is 5.82 Å². The Bertz CT molecular complexity index is 524. The van der Waals surface area contributed by atoms with Crippen molar-refractivity contribution in [3.05, 3.63) is 11.8 Å². The van der Waals surface area contributed by atoms with Crippen LogP contribution in [0.25, 0.3) is 0 Å². The fourth-order valence-electron chi connectivity index (χ4n) is 1.57. The molecule has 108 valence electrons. The first kappa shape index (κ1) is 15.6. The molecule has 0 saturated carbocycles. The lowest BCUT2D eigenvalue weighted by Gasteiger charge is -2.17. The van der Waals surface area contributed by atoms with Crippen LogP contribution >= 0.6 is 0 Å². The lowest BCUT2D eigenvalue weighted by Crippen LogP contribution is -2.38. The van der Waals surface area contributed by atoms with Crippen molar-refractivity contribution in [1.29, 1.82) is 0 Å². The third-order valence-corrected chi connectivity index (χ3v) is 3.99.